The topological polar surface area (TPSA) is 58.6 Å². The predicted octanol–water partition coefficient (Wildman–Crippen LogP) is 6.02. The van der Waals surface area contributed by atoms with Crippen molar-refractivity contribution in [2.75, 3.05) is 17.3 Å². The molecule has 1 aliphatic rings. The van der Waals surface area contributed by atoms with Gasteiger partial charge in [-0.25, -0.2) is 4.90 Å². The van der Waals surface area contributed by atoms with Gasteiger partial charge in [-0.1, -0.05) is 47.5 Å². The van der Waals surface area contributed by atoms with Gasteiger partial charge < -0.3 is 10.1 Å². The lowest BCUT2D eigenvalue weighted by molar-refractivity contribution is -0.120. The lowest BCUT2D eigenvalue weighted by atomic mass is 9.99. The number of anilines is 2. The van der Waals surface area contributed by atoms with Gasteiger partial charge in [0.2, 0.25) is 0 Å². The van der Waals surface area contributed by atoms with Crippen molar-refractivity contribution in [2.24, 2.45) is 0 Å². The van der Waals surface area contributed by atoms with E-state index in [0.29, 0.717) is 32.7 Å². The van der Waals surface area contributed by atoms with E-state index < -0.39 is 11.8 Å². The Labute approximate surface area is 196 Å². The quantitative estimate of drug-likeness (QED) is 0.467. The first-order chi connectivity index (χ1) is 15.3. The number of imide groups is 1. The smallest absolute Gasteiger partial charge is 0.282 e. The number of hydrogen-bond acceptors (Lipinski definition) is 4. The van der Waals surface area contributed by atoms with Crippen molar-refractivity contribution < 1.29 is 14.3 Å². The highest BCUT2D eigenvalue weighted by Gasteiger charge is 2.40. The Morgan fingerprint density at radius 2 is 1.66 bits per heavy atom. The maximum Gasteiger partial charge on any atom is 0.282 e. The monoisotopic (exact) mass is 466 g/mol. The lowest BCUT2D eigenvalue weighted by Gasteiger charge is -2.16. The van der Waals surface area contributed by atoms with Crippen LogP contribution in [0.1, 0.15) is 16.7 Å². The van der Waals surface area contributed by atoms with E-state index in [1.54, 1.807) is 42.5 Å². The molecule has 1 heterocycles. The second kappa shape index (κ2) is 8.69. The van der Waals surface area contributed by atoms with Crippen molar-refractivity contribution in [3.63, 3.8) is 0 Å². The van der Waals surface area contributed by atoms with Gasteiger partial charge in [0, 0.05) is 10.7 Å². The van der Waals surface area contributed by atoms with Crippen molar-refractivity contribution in [1.82, 2.24) is 0 Å². The van der Waals surface area contributed by atoms with Crippen LogP contribution in [0.3, 0.4) is 0 Å². The maximum absolute atomic E-state index is 13.5. The number of amides is 2. The highest BCUT2D eigenvalue weighted by atomic mass is 35.5. The zero-order chi connectivity index (χ0) is 23.0. The molecule has 0 bridgehead atoms. The minimum absolute atomic E-state index is 0.166. The minimum atomic E-state index is -0.475. The van der Waals surface area contributed by atoms with Gasteiger partial charge in [-0.2, -0.15) is 0 Å². The largest absolute Gasteiger partial charge is 0.495 e. The van der Waals surface area contributed by atoms with Crippen LogP contribution < -0.4 is 15.0 Å². The molecule has 7 heteroatoms. The lowest BCUT2D eigenvalue weighted by Crippen LogP contribution is -2.32. The second-order valence-electron chi connectivity index (χ2n) is 7.45. The van der Waals surface area contributed by atoms with E-state index in [1.165, 1.54) is 7.11 Å². The summed E-state index contributed by atoms with van der Waals surface area (Å²) in [6.07, 6.45) is 0. The molecular formula is C25H20Cl2N2O3. The van der Waals surface area contributed by atoms with Crippen LogP contribution >= 0.6 is 23.2 Å². The fraction of sp³-hybridized carbons (Fsp3) is 0.120. The SMILES string of the molecule is COc1ccc(NC2=C(c3ccc(C)c(C)c3)C(=O)N(c3cccc(Cl)c3)C2=O)cc1Cl. The molecule has 4 rings (SSSR count). The van der Waals surface area contributed by atoms with Crippen LogP contribution in [-0.4, -0.2) is 18.9 Å². The second-order valence-corrected chi connectivity index (χ2v) is 8.29. The van der Waals surface area contributed by atoms with Crippen LogP contribution in [0.2, 0.25) is 10.0 Å². The summed E-state index contributed by atoms with van der Waals surface area (Å²) in [5, 5.41) is 3.92. The van der Waals surface area contributed by atoms with E-state index in [9.17, 15) is 9.59 Å². The molecule has 0 unspecified atom stereocenters. The Balaban J connectivity index is 1.84. The van der Waals surface area contributed by atoms with Crippen molar-refractivity contribution in [3.05, 3.63) is 93.1 Å². The fourth-order valence-corrected chi connectivity index (χ4v) is 3.99. The summed E-state index contributed by atoms with van der Waals surface area (Å²) >= 11 is 12.4. The first-order valence-electron chi connectivity index (χ1n) is 9.87. The van der Waals surface area contributed by atoms with Gasteiger partial charge in [0.1, 0.15) is 11.4 Å². The summed E-state index contributed by atoms with van der Waals surface area (Å²) in [5.74, 6) is -0.393. The number of methoxy groups -OCH3 is 1. The molecule has 3 aromatic rings. The Hall–Kier alpha value is -3.28. The van der Waals surface area contributed by atoms with Crippen LogP contribution in [0, 0.1) is 13.8 Å². The summed E-state index contributed by atoms with van der Waals surface area (Å²) in [6.45, 7) is 3.96. The molecule has 3 aromatic carbocycles. The third-order valence-corrected chi connectivity index (χ3v) is 5.90. The number of aryl methyl sites for hydroxylation is 2. The molecule has 0 aromatic heterocycles. The average Bonchev–Trinajstić information content (AvgIpc) is 3.00. The summed E-state index contributed by atoms with van der Waals surface area (Å²) in [5.41, 5.74) is 4.17. The molecule has 0 atom stereocenters. The van der Waals surface area contributed by atoms with Crippen molar-refractivity contribution in [1.29, 1.82) is 0 Å². The van der Waals surface area contributed by atoms with E-state index in [4.69, 9.17) is 27.9 Å². The number of carbonyl (C=O) groups excluding carboxylic acids is 2. The van der Waals surface area contributed by atoms with Gasteiger partial charge in [-0.05, 0) is 66.9 Å². The minimum Gasteiger partial charge on any atom is -0.495 e. The molecule has 2 amide bonds. The van der Waals surface area contributed by atoms with Crippen LogP contribution in [-0.2, 0) is 9.59 Å². The summed E-state index contributed by atoms with van der Waals surface area (Å²) in [7, 11) is 1.52. The van der Waals surface area contributed by atoms with E-state index >= 15 is 0 Å². The van der Waals surface area contributed by atoms with Crippen molar-refractivity contribution >= 4 is 52.0 Å². The molecule has 0 aliphatic carbocycles. The third kappa shape index (κ3) is 3.97. The molecule has 32 heavy (non-hydrogen) atoms. The number of nitrogens with one attached hydrogen (secondary N) is 1. The number of rotatable bonds is 5. The van der Waals surface area contributed by atoms with Crippen LogP contribution in [0.5, 0.6) is 5.75 Å². The number of carbonyl (C=O) groups is 2. The zero-order valence-electron chi connectivity index (χ0n) is 17.7. The van der Waals surface area contributed by atoms with E-state index in [2.05, 4.69) is 5.32 Å². The molecule has 0 spiro atoms. The molecule has 0 radical (unpaired) electrons. The number of hydrogen-bond donors (Lipinski definition) is 1. The standard InChI is InChI=1S/C25H20Cl2N2O3/c1-14-7-8-16(11-15(14)2)22-23(28-18-9-10-21(32-3)20(27)13-18)25(31)29(24(22)30)19-6-4-5-17(26)12-19/h4-13,28H,1-3H3. The maximum atomic E-state index is 13.5. The van der Waals surface area contributed by atoms with Crippen LogP contribution in [0.15, 0.2) is 66.4 Å². The van der Waals surface area contributed by atoms with Gasteiger partial charge in [-0.15, -0.1) is 0 Å². The molecule has 0 fully saturated rings. The van der Waals surface area contributed by atoms with Gasteiger partial charge in [-0.3, -0.25) is 9.59 Å². The predicted molar refractivity (Wildman–Crippen MR) is 128 cm³/mol. The molecule has 0 saturated heterocycles. The zero-order valence-corrected chi connectivity index (χ0v) is 19.2. The summed E-state index contributed by atoms with van der Waals surface area (Å²) < 4.78 is 5.20. The fourth-order valence-electron chi connectivity index (χ4n) is 3.55. The van der Waals surface area contributed by atoms with Gasteiger partial charge >= 0.3 is 0 Å². The Morgan fingerprint density at radius 3 is 2.31 bits per heavy atom. The average molecular weight is 467 g/mol. The number of benzene rings is 3. The Kier molecular flexibility index (Phi) is 5.96. The first kappa shape index (κ1) is 21.9. The first-order valence-corrected chi connectivity index (χ1v) is 10.6. The van der Waals surface area contributed by atoms with Gasteiger partial charge in [0.05, 0.1) is 23.4 Å². The molecular weight excluding hydrogens is 447 g/mol. The summed E-state index contributed by atoms with van der Waals surface area (Å²) in [4.78, 5) is 28.1. The van der Waals surface area contributed by atoms with Crippen molar-refractivity contribution in [3.8, 4) is 5.75 Å². The molecule has 1 N–H and O–H groups in total. The van der Waals surface area contributed by atoms with Crippen molar-refractivity contribution in [2.45, 2.75) is 13.8 Å². The highest BCUT2D eigenvalue weighted by Crippen LogP contribution is 2.36. The van der Waals surface area contributed by atoms with Gasteiger partial charge in [0.25, 0.3) is 11.8 Å². The Morgan fingerprint density at radius 1 is 0.875 bits per heavy atom. The number of ether oxygens (including phenoxy) is 1. The number of nitrogens with zero attached hydrogens (tertiary/aromatic N) is 1. The molecule has 5 nitrogen and oxygen atoms in total. The normalized spacial score (nSPS) is 13.7. The summed E-state index contributed by atoms with van der Waals surface area (Å²) in [6, 6.07) is 17.4. The highest BCUT2D eigenvalue weighted by molar-refractivity contribution is 6.46. The van der Waals surface area contributed by atoms with Gasteiger partial charge in [0.15, 0.2) is 0 Å². The number of halogens is 2. The van der Waals surface area contributed by atoms with E-state index in [0.717, 1.165) is 16.0 Å². The Bertz CT molecular complexity index is 1280. The van der Waals surface area contributed by atoms with Crippen LogP contribution in [0.4, 0.5) is 11.4 Å². The molecule has 0 saturated carbocycles. The molecule has 162 valence electrons. The van der Waals surface area contributed by atoms with E-state index in [1.807, 2.05) is 32.0 Å². The van der Waals surface area contributed by atoms with E-state index in [-0.39, 0.29) is 11.3 Å². The molecule has 1 aliphatic heterocycles. The third-order valence-electron chi connectivity index (χ3n) is 5.37. The van der Waals surface area contributed by atoms with Crippen LogP contribution in [0.25, 0.3) is 5.57 Å².